The van der Waals surface area contributed by atoms with Crippen molar-refractivity contribution in [3.8, 4) is 0 Å². The molecule has 0 saturated carbocycles. The van der Waals surface area contributed by atoms with Gasteiger partial charge in [0.25, 0.3) is 0 Å². The highest BCUT2D eigenvalue weighted by Gasteiger charge is 2.06. The Morgan fingerprint density at radius 2 is 1.94 bits per heavy atom. The molecule has 0 bridgehead atoms. The van der Waals surface area contributed by atoms with Crippen molar-refractivity contribution >= 4 is 5.82 Å². The Balaban J connectivity index is 2.75. The molecule has 0 atom stereocenters. The number of nitrogens with two attached hydrogens (primary N) is 1. The largest absolute Gasteiger partial charge is 0.360 e. The van der Waals surface area contributed by atoms with Crippen molar-refractivity contribution in [1.82, 2.24) is 4.98 Å². The second-order valence-corrected chi connectivity index (χ2v) is 4.91. The van der Waals surface area contributed by atoms with Gasteiger partial charge in [0.15, 0.2) is 0 Å². The van der Waals surface area contributed by atoms with Crippen LogP contribution in [0, 0.1) is 0 Å². The van der Waals surface area contributed by atoms with E-state index in [1.165, 1.54) is 24.8 Å². The summed E-state index contributed by atoms with van der Waals surface area (Å²) in [5.41, 5.74) is 8.11. The number of pyridine rings is 1. The van der Waals surface area contributed by atoms with Gasteiger partial charge in [-0.2, -0.15) is 0 Å². The molecule has 0 aliphatic carbocycles. The highest BCUT2D eigenvalue weighted by Crippen LogP contribution is 2.15. The third-order valence-electron chi connectivity index (χ3n) is 3.15. The van der Waals surface area contributed by atoms with E-state index in [2.05, 4.69) is 37.9 Å². The molecule has 0 unspecified atom stereocenters. The van der Waals surface area contributed by atoms with Crippen LogP contribution in [0.3, 0.4) is 0 Å². The van der Waals surface area contributed by atoms with Crippen LogP contribution >= 0.6 is 0 Å². The van der Waals surface area contributed by atoms with E-state index in [0.29, 0.717) is 6.54 Å². The van der Waals surface area contributed by atoms with E-state index >= 15 is 0 Å². The maximum atomic E-state index is 5.76. The van der Waals surface area contributed by atoms with Gasteiger partial charge < -0.3 is 10.6 Å². The van der Waals surface area contributed by atoms with Crippen molar-refractivity contribution in [3.63, 3.8) is 0 Å². The van der Waals surface area contributed by atoms with Crippen molar-refractivity contribution in [2.24, 2.45) is 5.73 Å². The van der Waals surface area contributed by atoms with Crippen molar-refractivity contribution in [1.29, 1.82) is 0 Å². The van der Waals surface area contributed by atoms with E-state index in [1.807, 2.05) is 0 Å². The second kappa shape index (κ2) is 8.09. The summed E-state index contributed by atoms with van der Waals surface area (Å²) in [6.45, 7) is 6.07. The molecular formula is C15H27N3. The molecular weight excluding hydrogens is 222 g/mol. The molecule has 18 heavy (non-hydrogen) atoms. The van der Waals surface area contributed by atoms with Crippen LogP contribution < -0.4 is 10.6 Å². The highest BCUT2D eigenvalue weighted by atomic mass is 15.2. The van der Waals surface area contributed by atoms with Gasteiger partial charge >= 0.3 is 0 Å². The minimum Gasteiger partial charge on any atom is -0.360 e. The topological polar surface area (TPSA) is 42.1 Å². The zero-order chi connectivity index (χ0) is 13.4. The number of aryl methyl sites for hydroxylation is 1. The Bertz CT molecular complexity index is 350. The minimum atomic E-state index is 0.592. The summed E-state index contributed by atoms with van der Waals surface area (Å²) in [5.74, 6) is 1.07. The van der Waals surface area contributed by atoms with E-state index < -0.39 is 0 Å². The molecule has 0 aliphatic rings. The van der Waals surface area contributed by atoms with Crippen LogP contribution in [0.2, 0.25) is 0 Å². The van der Waals surface area contributed by atoms with Gasteiger partial charge in [-0.05, 0) is 30.5 Å². The van der Waals surface area contributed by atoms with Gasteiger partial charge in [-0.25, -0.2) is 4.98 Å². The average Bonchev–Trinajstić information content (AvgIpc) is 2.39. The summed E-state index contributed by atoms with van der Waals surface area (Å²) in [4.78, 5) is 6.96. The molecule has 0 fully saturated rings. The first kappa shape index (κ1) is 15.0. The van der Waals surface area contributed by atoms with Crippen LogP contribution in [0.1, 0.15) is 50.8 Å². The Labute approximate surface area is 111 Å². The van der Waals surface area contributed by atoms with Crippen molar-refractivity contribution < 1.29 is 0 Å². The third kappa shape index (κ3) is 4.65. The second-order valence-electron chi connectivity index (χ2n) is 4.91. The van der Waals surface area contributed by atoms with E-state index in [-0.39, 0.29) is 0 Å². The minimum absolute atomic E-state index is 0.592. The number of anilines is 1. The maximum absolute atomic E-state index is 5.76. The first-order valence-electron chi connectivity index (χ1n) is 7.12. The molecule has 3 heteroatoms. The number of hydrogen-bond donors (Lipinski definition) is 1. The van der Waals surface area contributed by atoms with E-state index in [9.17, 15) is 0 Å². The number of unbranched alkanes of at least 4 members (excludes halogenated alkanes) is 2. The number of nitrogens with zero attached hydrogens (tertiary/aromatic N) is 2. The molecule has 1 heterocycles. The number of rotatable bonds is 8. The Hall–Kier alpha value is -1.09. The van der Waals surface area contributed by atoms with Gasteiger partial charge in [-0.1, -0.05) is 33.1 Å². The molecule has 0 aromatic carbocycles. The normalized spacial score (nSPS) is 10.7. The van der Waals surface area contributed by atoms with Gasteiger partial charge in [0.2, 0.25) is 0 Å². The zero-order valence-corrected chi connectivity index (χ0v) is 12.1. The van der Waals surface area contributed by atoms with Crippen LogP contribution in [0.25, 0.3) is 0 Å². The van der Waals surface area contributed by atoms with Crippen molar-refractivity contribution in [2.45, 2.75) is 52.5 Å². The molecule has 0 radical (unpaired) electrons. The lowest BCUT2D eigenvalue weighted by Crippen LogP contribution is -2.20. The molecule has 0 spiro atoms. The first-order valence-corrected chi connectivity index (χ1v) is 7.12. The van der Waals surface area contributed by atoms with Gasteiger partial charge in [0.05, 0.1) is 0 Å². The molecule has 2 N–H and O–H groups in total. The number of aromatic nitrogens is 1. The molecule has 0 saturated heterocycles. The highest BCUT2D eigenvalue weighted by molar-refractivity contribution is 5.42. The van der Waals surface area contributed by atoms with Crippen LogP contribution in [0.5, 0.6) is 0 Å². The fourth-order valence-electron chi connectivity index (χ4n) is 2.04. The average molecular weight is 249 g/mol. The van der Waals surface area contributed by atoms with Crippen LogP contribution in [-0.2, 0) is 13.0 Å². The summed E-state index contributed by atoms with van der Waals surface area (Å²) < 4.78 is 0. The lowest BCUT2D eigenvalue weighted by atomic mass is 10.1. The predicted molar refractivity (Wildman–Crippen MR) is 78.9 cm³/mol. The van der Waals surface area contributed by atoms with E-state index in [1.54, 1.807) is 0 Å². The summed E-state index contributed by atoms with van der Waals surface area (Å²) in [6.07, 6.45) is 5.92. The summed E-state index contributed by atoms with van der Waals surface area (Å²) in [7, 11) is 2.12. The van der Waals surface area contributed by atoms with Crippen LogP contribution in [-0.4, -0.2) is 18.6 Å². The molecule has 1 aromatic heterocycles. The van der Waals surface area contributed by atoms with Crippen LogP contribution in [0.15, 0.2) is 12.1 Å². The van der Waals surface area contributed by atoms with Crippen LogP contribution in [0.4, 0.5) is 5.82 Å². The van der Waals surface area contributed by atoms with Gasteiger partial charge in [-0.3, -0.25) is 0 Å². The fourth-order valence-corrected chi connectivity index (χ4v) is 2.04. The molecule has 1 rings (SSSR count). The van der Waals surface area contributed by atoms with Gasteiger partial charge in [0, 0.05) is 25.8 Å². The molecule has 0 aliphatic heterocycles. The predicted octanol–water partition coefficient (Wildman–Crippen LogP) is 3.12. The maximum Gasteiger partial charge on any atom is 0.128 e. The first-order chi connectivity index (χ1) is 8.71. The molecule has 3 nitrogen and oxygen atoms in total. The van der Waals surface area contributed by atoms with Gasteiger partial charge in [0.1, 0.15) is 5.82 Å². The summed E-state index contributed by atoms with van der Waals surface area (Å²) in [5, 5.41) is 0. The monoisotopic (exact) mass is 249 g/mol. The van der Waals surface area contributed by atoms with Crippen molar-refractivity contribution in [3.05, 3.63) is 23.4 Å². The zero-order valence-electron chi connectivity index (χ0n) is 12.1. The summed E-state index contributed by atoms with van der Waals surface area (Å²) >= 11 is 0. The summed E-state index contributed by atoms with van der Waals surface area (Å²) in [6, 6.07) is 4.25. The lowest BCUT2D eigenvalue weighted by Gasteiger charge is -2.19. The quantitative estimate of drug-likeness (QED) is 0.720. The Morgan fingerprint density at radius 1 is 1.17 bits per heavy atom. The lowest BCUT2D eigenvalue weighted by molar-refractivity contribution is 0.699. The van der Waals surface area contributed by atoms with E-state index in [0.717, 1.165) is 30.9 Å². The third-order valence-corrected chi connectivity index (χ3v) is 3.15. The Kier molecular flexibility index (Phi) is 6.73. The molecule has 0 amide bonds. The number of hydrogen-bond acceptors (Lipinski definition) is 3. The Morgan fingerprint density at radius 3 is 2.56 bits per heavy atom. The van der Waals surface area contributed by atoms with Crippen molar-refractivity contribution in [2.75, 3.05) is 18.5 Å². The fraction of sp³-hybridized carbons (Fsp3) is 0.667. The standard InChI is InChI=1S/C15H27N3/c1-4-6-7-9-18(3)15-11-13(12-16)10-14(17-15)8-5-2/h10-11H,4-9,12,16H2,1-3H3. The van der Waals surface area contributed by atoms with Gasteiger partial charge in [-0.15, -0.1) is 0 Å². The smallest absolute Gasteiger partial charge is 0.128 e. The molecule has 102 valence electrons. The SMILES string of the molecule is CCCCCN(C)c1cc(CN)cc(CCC)n1. The van der Waals surface area contributed by atoms with E-state index in [4.69, 9.17) is 10.7 Å². The molecule has 1 aromatic rings.